The molecule has 4 heteroatoms. The molecule has 0 aliphatic carbocycles. The van der Waals surface area contributed by atoms with Crippen molar-refractivity contribution in [2.75, 3.05) is 20.3 Å². The normalized spacial score (nSPS) is 14.1. The van der Waals surface area contributed by atoms with Gasteiger partial charge < -0.3 is 15.2 Å². The maximum Gasteiger partial charge on any atom is 0.251 e. The monoisotopic (exact) mass is 237 g/mol. The lowest BCUT2D eigenvalue weighted by Gasteiger charge is -2.29. The second-order valence-electron chi connectivity index (χ2n) is 4.29. The molecule has 0 saturated heterocycles. The first kappa shape index (κ1) is 13.7. The number of nitrogens with one attached hydrogen (secondary N) is 1. The smallest absolute Gasteiger partial charge is 0.251 e. The van der Waals surface area contributed by atoms with Crippen LogP contribution in [0.15, 0.2) is 30.3 Å². The van der Waals surface area contributed by atoms with E-state index >= 15 is 0 Å². The third kappa shape index (κ3) is 4.17. The number of rotatable bonds is 6. The van der Waals surface area contributed by atoms with Crippen LogP contribution in [0.5, 0.6) is 0 Å². The SMILES string of the molecule is COCC(C)(CCO)NC(=O)c1ccccc1. The Bertz CT molecular complexity index is 345. The minimum Gasteiger partial charge on any atom is -0.396 e. The van der Waals surface area contributed by atoms with Crippen LogP contribution in [0.2, 0.25) is 0 Å². The molecule has 0 spiro atoms. The van der Waals surface area contributed by atoms with Gasteiger partial charge >= 0.3 is 0 Å². The van der Waals surface area contributed by atoms with Crippen LogP contribution in [0, 0.1) is 0 Å². The van der Waals surface area contributed by atoms with Crippen LogP contribution >= 0.6 is 0 Å². The number of amides is 1. The van der Waals surface area contributed by atoms with E-state index in [0.29, 0.717) is 18.6 Å². The Balaban J connectivity index is 2.71. The molecule has 1 unspecified atom stereocenters. The number of ether oxygens (including phenoxy) is 1. The van der Waals surface area contributed by atoms with Gasteiger partial charge in [0, 0.05) is 19.3 Å². The van der Waals surface area contributed by atoms with E-state index in [1.165, 1.54) is 0 Å². The summed E-state index contributed by atoms with van der Waals surface area (Å²) >= 11 is 0. The molecule has 0 heterocycles. The van der Waals surface area contributed by atoms with Crippen LogP contribution < -0.4 is 5.32 Å². The third-order valence-corrected chi connectivity index (χ3v) is 2.58. The van der Waals surface area contributed by atoms with Crippen LogP contribution in [-0.4, -0.2) is 36.9 Å². The molecule has 0 aliphatic rings. The molecule has 1 aromatic rings. The van der Waals surface area contributed by atoms with Gasteiger partial charge in [-0.3, -0.25) is 4.79 Å². The molecule has 0 aliphatic heterocycles. The lowest BCUT2D eigenvalue weighted by atomic mass is 9.98. The predicted octanol–water partition coefficient (Wildman–Crippen LogP) is 1.20. The van der Waals surface area contributed by atoms with E-state index in [1.54, 1.807) is 19.2 Å². The van der Waals surface area contributed by atoms with Crippen LogP contribution in [-0.2, 0) is 4.74 Å². The first-order valence-corrected chi connectivity index (χ1v) is 5.59. The van der Waals surface area contributed by atoms with E-state index in [4.69, 9.17) is 9.84 Å². The molecule has 0 fully saturated rings. The second kappa shape index (κ2) is 6.37. The molecule has 94 valence electrons. The summed E-state index contributed by atoms with van der Waals surface area (Å²) in [5, 5.41) is 11.9. The van der Waals surface area contributed by atoms with Crippen LogP contribution in [0.1, 0.15) is 23.7 Å². The van der Waals surface area contributed by atoms with Crippen molar-refractivity contribution in [2.24, 2.45) is 0 Å². The molecule has 0 radical (unpaired) electrons. The topological polar surface area (TPSA) is 58.6 Å². The summed E-state index contributed by atoms with van der Waals surface area (Å²) in [6.45, 7) is 2.23. The van der Waals surface area contributed by atoms with Gasteiger partial charge in [-0.1, -0.05) is 18.2 Å². The van der Waals surface area contributed by atoms with Crippen molar-refractivity contribution in [2.45, 2.75) is 18.9 Å². The molecule has 0 saturated carbocycles. The summed E-state index contributed by atoms with van der Waals surface area (Å²) in [6, 6.07) is 8.99. The zero-order valence-corrected chi connectivity index (χ0v) is 10.3. The molecule has 17 heavy (non-hydrogen) atoms. The maximum absolute atomic E-state index is 12.0. The van der Waals surface area contributed by atoms with Gasteiger partial charge in [0.25, 0.3) is 5.91 Å². The van der Waals surface area contributed by atoms with E-state index in [9.17, 15) is 4.79 Å². The predicted molar refractivity (Wildman–Crippen MR) is 65.9 cm³/mol. The van der Waals surface area contributed by atoms with E-state index in [0.717, 1.165) is 0 Å². The highest BCUT2D eigenvalue weighted by Gasteiger charge is 2.26. The number of benzene rings is 1. The molecule has 0 aromatic heterocycles. The quantitative estimate of drug-likeness (QED) is 0.781. The average Bonchev–Trinajstić information content (AvgIpc) is 2.30. The van der Waals surface area contributed by atoms with Crippen molar-refractivity contribution >= 4 is 5.91 Å². The van der Waals surface area contributed by atoms with Gasteiger partial charge in [0.2, 0.25) is 0 Å². The number of aliphatic hydroxyl groups excluding tert-OH is 1. The Hall–Kier alpha value is -1.39. The molecular weight excluding hydrogens is 218 g/mol. The van der Waals surface area contributed by atoms with E-state index in [-0.39, 0.29) is 12.5 Å². The van der Waals surface area contributed by atoms with Gasteiger partial charge in [0.05, 0.1) is 12.1 Å². The number of hydrogen-bond acceptors (Lipinski definition) is 3. The van der Waals surface area contributed by atoms with Gasteiger partial charge in [0.1, 0.15) is 0 Å². The summed E-state index contributed by atoms with van der Waals surface area (Å²) in [6.07, 6.45) is 0.458. The van der Waals surface area contributed by atoms with Crippen LogP contribution in [0.4, 0.5) is 0 Å². The fourth-order valence-corrected chi connectivity index (χ4v) is 1.67. The molecule has 2 N–H and O–H groups in total. The fraction of sp³-hybridized carbons (Fsp3) is 0.462. The average molecular weight is 237 g/mol. The molecular formula is C13H19NO3. The number of carbonyl (C=O) groups excluding carboxylic acids is 1. The van der Waals surface area contributed by atoms with Crippen molar-refractivity contribution in [1.82, 2.24) is 5.32 Å². The maximum atomic E-state index is 12.0. The molecule has 4 nitrogen and oxygen atoms in total. The van der Waals surface area contributed by atoms with Crippen molar-refractivity contribution in [3.63, 3.8) is 0 Å². The van der Waals surface area contributed by atoms with Crippen LogP contribution in [0.25, 0.3) is 0 Å². The van der Waals surface area contributed by atoms with E-state index in [1.807, 2.05) is 25.1 Å². The minimum absolute atomic E-state index is 0.00886. The van der Waals surface area contributed by atoms with Crippen molar-refractivity contribution < 1.29 is 14.6 Å². The lowest BCUT2D eigenvalue weighted by Crippen LogP contribution is -2.50. The summed E-state index contributed by atoms with van der Waals surface area (Å²) in [7, 11) is 1.57. The number of methoxy groups -OCH3 is 1. The summed E-state index contributed by atoms with van der Waals surface area (Å²) < 4.78 is 5.07. The third-order valence-electron chi connectivity index (χ3n) is 2.58. The van der Waals surface area contributed by atoms with Crippen LogP contribution in [0.3, 0.4) is 0 Å². The van der Waals surface area contributed by atoms with Gasteiger partial charge in [-0.25, -0.2) is 0 Å². The van der Waals surface area contributed by atoms with Gasteiger partial charge in [-0.15, -0.1) is 0 Å². The first-order valence-electron chi connectivity index (χ1n) is 5.59. The Morgan fingerprint density at radius 1 is 1.41 bits per heavy atom. The van der Waals surface area contributed by atoms with Gasteiger partial charge in [-0.05, 0) is 25.5 Å². The van der Waals surface area contributed by atoms with Gasteiger partial charge in [0.15, 0.2) is 0 Å². The standard InChI is InChI=1S/C13H19NO3/c1-13(8-9-15,10-17-2)14-12(16)11-6-4-3-5-7-11/h3-7,15H,8-10H2,1-2H3,(H,14,16). The highest BCUT2D eigenvalue weighted by Crippen LogP contribution is 2.11. The number of hydrogen-bond donors (Lipinski definition) is 2. The lowest BCUT2D eigenvalue weighted by molar-refractivity contribution is 0.0725. The summed E-state index contributed by atoms with van der Waals surface area (Å²) in [5.41, 5.74) is 0.0592. The molecule has 0 bridgehead atoms. The second-order valence-corrected chi connectivity index (χ2v) is 4.29. The Labute approximate surface area is 102 Å². The summed E-state index contributed by atoms with van der Waals surface area (Å²) in [5.74, 6) is -0.154. The van der Waals surface area contributed by atoms with Crippen molar-refractivity contribution in [3.05, 3.63) is 35.9 Å². The first-order chi connectivity index (χ1) is 8.11. The Kier molecular flexibility index (Phi) is 5.12. The number of aliphatic hydroxyl groups is 1. The largest absolute Gasteiger partial charge is 0.396 e. The van der Waals surface area contributed by atoms with Crippen molar-refractivity contribution in [3.8, 4) is 0 Å². The molecule has 1 atom stereocenters. The zero-order valence-electron chi connectivity index (χ0n) is 10.3. The van der Waals surface area contributed by atoms with E-state index in [2.05, 4.69) is 5.32 Å². The highest BCUT2D eigenvalue weighted by molar-refractivity contribution is 5.94. The van der Waals surface area contributed by atoms with Gasteiger partial charge in [-0.2, -0.15) is 0 Å². The molecule has 1 rings (SSSR count). The van der Waals surface area contributed by atoms with E-state index < -0.39 is 5.54 Å². The Morgan fingerprint density at radius 2 is 2.06 bits per heavy atom. The minimum atomic E-state index is -0.545. The number of carbonyl (C=O) groups is 1. The van der Waals surface area contributed by atoms with Crippen molar-refractivity contribution in [1.29, 1.82) is 0 Å². The Morgan fingerprint density at radius 3 is 2.59 bits per heavy atom. The zero-order chi connectivity index (χ0) is 12.7. The summed E-state index contributed by atoms with van der Waals surface area (Å²) in [4.78, 5) is 12.0. The fourth-order valence-electron chi connectivity index (χ4n) is 1.67. The molecule has 1 amide bonds. The highest BCUT2D eigenvalue weighted by atomic mass is 16.5. The molecule has 1 aromatic carbocycles.